The molecule has 0 amide bonds. The van der Waals surface area contributed by atoms with Gasteiger partial charge in [0.2, 0.25) is 0 Å². The predicted molar refractivity (Wildman–Crippen MR) is 72.5 cm³/mol. The van der Waals surface area contributed by atoms with Gasteiger partial charge in [-0.15, -0.1) is 11.6 Å². The van der Waals surface area contributed by atoms with E-state index in [1.54, 1.807) is 13.3 Å². The normalized spacial score (nSPS) is 12.9. The molecule has 18 heavy (non-hydrogen) atoms. The van der Waals surface area contributed by atoms with E-state index in [2.05, 4.69) is 10.1 Å². The first-order chi connectivity index (χ1) is 8.61. The van der Waals surface area contributed by atoms with Gasteiger partial charge in [-0.05, 0) is 13.0 Å². The predicted octanol–water partition coefficient (Wildman–Crippen LogP) is 1.73. The number of hydrogen-bond acceptors (Lipinski definition) is 4. The van der Waals surface area contributed by atoms with Crippen molar-refractivity contribution in [2.75, 3.05) is 32.2 Å². The van der Waals surface area contributed by atoms with Gasteiger partial charge in [0, 0.05) is 33.1 Å². The minimum absolute atomic E-state index is 0.0638. The number of methoxy groups -OCH3 is 1. The van der Waals surface area contributed by atoms with E-state index in [0.717, 1.165) is 17.0 Å². The number of alkyl halides is 1. The smallest absolute Gasteiger partial charge is 0.154 e. The zero-order valence-corrected chi connectivity index (χ0v) is 11.6. The van der Waals surface area contributed by atoms with E-state index in [9.17, 15) is 0 Å². The highest BCUT2D eigenvalue weighted by atomic mass is 35.5. The molecule has 0 fully saturated rings. The molecule has 0 aliphatic rings. The molecule has 98 valence electrons. The van der Waals surface area contributed by atoms with Gasteiger partial charge in [-0.2, -0.15) is 5.10 Å². The number of nitrogens with zero attached hydrogens (tertiary/aromatic N) is 4. The first-order valence-electron chi connectivity index (χ1n) is 5.77. The van der Waals surface area contributed by atoms with Gasteiger partial charge in [0.1, 0.15) is 5.52 Å². The highest BCUT2D eigenvalue weighted by molar-refractivity contribution is 6.21. The van der Waals surface area contributed by atoms with Crippen LogP contribution in [-0.2, 0) is 4.74 Å². The highest BCUT2D eigenvalue weighted by Crippen LogP contribution is 2.19. The zero-order chi connectivity index (χ0) is 13.1. The van der Waals surface area contributed by atoms with Crippen LogP contribution >= 0.6 is 11.6 Å². The maximum absolute atomic E-state index is 6.17. The number of halogens is 1. The van der Waals surface area contributed by atoms with E-state index >= 15 is 0 Å². The molecule has 0 saturated heterocycles. The van der Waals surface area contributed by atoms with E-state index in [1.165, 1.54) is 0 Å². The lowest BCUT2D eigenvalue weighted by Crippen LogP contribution is -2.29. The summed E-state index contributed by atoms with van der Waals surface area (Å²) in [6.45, 7) is 3.16. The summed E-state index contributed by atoms with van der Waals surface area (Å²) in [5, 5.41) is 4.30. The number of ether oxygens (including phenoxy) is 1. The van der Waals surface area contributed by atoms with Crippen molar-refractivity contribution < 1.29 is 4.74 Å². The average molecular weight is 269 g/mol. The quantitative estimate of drug-likeness (QED) is 0.775. The number of aryl methyl sites for hydroxylation is 1. The number of rotatable bonds is 5. The Hall–Kier alpha value is -1.33. The fourth-order valence-corrected chi connectivity index (χ4v) is 2.27. The Morgan fingerprint density at radius 2 is 2.33 bits per heavy atom. The molecule has 0 aliphatic carbocycles. The van der Waals surface area contributed by atoms with E-state index < -0.39 is 0 Å². The van der Waals surface area contributed by atoms with E-state index in [4.69, 9.17) is 16.3 Å². The lowest BCUT2D eigenvalue weighted by atomic mass is 10.3. The van der Waals surface area contributed by atoms with Crippen LogP contribution in [0.5, 0.6) is 0 Å². The van der Waals surface area contributed by atoms with Crippen LogP contribution in [0.2, 0.25) is 0 Å². The fourth-order valence-electron chi connectivity index (χ4n) is 1.94. The van der Waals surface area contributed by atoms with Gasteiger partial charge >= 0.3 is 0 Å². The Morgan fingerprint density at radius 1 is 1.56 bits per heavy atom. The van der Waals surface area contributed by atoms with Gasteiger partial charge in [0.05, 0.1) is 17.7 Å². The van der Waals surface area contributed by atoms with Gasteiger partial charge in [0.15, 0.2) is 5.82 Å². The first-order valence-corrected chi connectivity index (χ1v) is 6.20. The number of aromatic nitrogens is 3. The van der Waals surface area contributed by atoms with Gasteiger partial charge in [-0.1, -0.05) is 0 Å². The zero-order valence-electron chi connectivity index (χ0n) is 10.8. The third-order valence-electron chi connectivity index (χ3n) is 2.67. The highest BCUT2D eigenvalue weighted by Gasteiger charge is 2.13. The van der Waals surface area contributed by atoms with Crippen molar-refractivity contribution in [3.05, 3.63) is 24.2 Å². The molecule has 0 saturated carbocycles. The van der Waals surface area contributed by atoms with Crippen LogP contribution in [0.4, 0.5) is 5.82 Å². The van der Waals surface area contributed by atoms with Gasteiger partial charge < -0.3 is 9.64 Å². The van der Waals surface area contributed by atoms with Gasteiger partial charge in [-0.3, -0.25) is 0 Å². The SMILES string of the molecule is COCC(Cl)CN(C)c1nccn2nc(C)cc12. The molecule has 0 radical (unpaired) electrons. The van der Waals surface area contributed by atoms with Crippen LogP contribution in [0.25, 0.3) is 5.52 Å². The van der Waals surface area contributed by atoms with E-state index in [-0.39, 0.29) is 5.38 Å². The van der Waals surface area contributed by atoms with Gasteiger partial charge in [0.25, 0.3) is 0 Å². The summed E-state index contributed by atoms with van der Waals surface area (Å²) in [4.78, 5) is 6.42. The third kappa shape index (κ3) is 2.73. The standard InChI is InChI=1S/C12H17ClN4O/c1-9-6-11-12(14-4-5-17(11)15-9)16(2)7-10(13)8-18-3/h4-6,10H,7-8H2,1-3H3. The summed E-state index contributed by atoms with van der Waals surface area (Å²) in [5.74, 6) is 0.875. The molecule has 0 aliphatic heterocycles. The molecule has 2 rings (SSSR count). The lowest BCUT2D eigenvalue weighted by molar-refractivity contribution is 0.199. The second-order valence-corrected chi connectivity index (χ2v) is 4.92. The van der Waals surface area contributed by atoms with Crippen LogP contribution in [0.3, 0.4) is 0 Å². The summed E-state index contributed by atoms with van der Waals surface area (Å²) in [5.41, 5.74) is 1.95. The minimum Gasteiger partial charge on any atom is -0.383 e. The molecule has 1 atom stereocenters. The molecular formula is C12H17ClN4O. The molecular weight excluding hydrogens is 252 g/mol. The first kappa shape index (κ1) is 13.1. The molecule has 1 unspecified atom stereocenters. The van der Waals surface area contributed by atoms with Crippen LogP contribution < -0.4 is 4.90 Å². The number of anilines is 1. The Labute approximate surface area is 111 Å². The van der Waals surface area contributed by atoms with Crippen molar-refractivity contribution in [1.29, 1.82) is 0 Å². The summed E-state index contributed by atoms with van der Waals surface area (Å²) >= 11 is 6.17. The van der Waals surface area contributed by atoms with Crippen molar-refractivity contribution in [2.24, 2.45) is 0 Å². The molecule has 0 bridgehead atoms. The molecule has 0 aromatic carbocycles. The van der Waals surface area contributed by atoms with Crippen molar-refractivity contribution in [1.82, 2.24) is 14.6 Å². The van der Waals surface area contributed by atoms with Crippen LogP contribution in [0.1, 0.15) is 5.69 Å². The molecule has 5 nitrogen and oxygen atoms in total. The topological polar surface area (TPSA) is 42.7 Å². The van der Waals surface area contributed by atoms with E-state index in [0.29, 0.717) is 13.2 Å². The second-order valence-electron chi connectivity index (χ2n) is 4.30. The lowest BCUT2D eigenvalue weighted by Gasteiger charge is -2.21. The van der Waals surface area contributed by atoms with Crippen LogP contribution in [0.15, 0.2) is 18.5 Å². The van der Waals surface area contributed by atoms with Crippen LogP contribution in [0, 0.1) is 6.92 Å². The molecule has 0 N–H and O–H groups in total. The van der Waals surface area contributed by atoms with Gasteiger partial charge in [-0.25, -0.2) is 9.50 Å². The molecule has 6 heteroatoms. The molecule has 2 heterocycles. The number of fused-ring (bicyclic) bond motifs is 1. The van der Waals surface area contributed by atoms with Crippen molar-refractivity contribution >= 4 is 22.9 Å². The summed E-state index contributed by atoms with van der Waals surface area (Å²) < 4.78 is 6.86. The maximum Gasteiger partial charge on any atom is 0.154 e. The van der Waals surface area contributed by atoms with Crippen molar-refractivity contribution in [3.63, 3.8) is 0 Å². The second kappa shape index (κ2) is 5.54. The molecule has 2 aromatic rings. The Balaban J connectivity index is 2.24. The monoisotopic (exact) mass is 268 g/mol. The largest absolute Gasteiger partial charge is 0.383 e. The fraction of sp³-hybridized carbons (Fsp3) is 0.500. The Morgan fingerprint density at radius 3 is 3.06 bits per heavy atom. The van der Waals surface area contributed by atoms with E-state index in [1.807, 2.05) is 35.6 Å². The number of hydrogen-bond donors (Lipinski definition) is 0. The minimum atomic E-state index is -0.0638. The summed E-state index contributed by atoms with van der Waals surface area (Å²) in [6, 6.07) is 2.01. The summed E-state index contributed by atoms with van der Waals surface area (Å²) in [6.07, 6.45) is 3.58. The maximum atomic E-state index is 6.17. The summed E-state index contributed by atoms with van der Waals surface area (Å²) in [7, 11) is 3.62. The third-order valence-corrected chi connectivity index (χ3v) is 2.94. The van der Waals surface area contributed by atoms with Crippen LogP contribution in [-0.4, -0.2) is 47.3 Å². The Bertz CT molecular complexity index is 528. The Kier molecular flexibility index (Phi) is 4.04. The molecule has 0 spiro atoms. The van der Waals surface area contributed by atoms with Crippen molar-refractivity contribution in [3.8, 4) is 0 Å². The van der Waals surface area contributed by atoms with Crippen molar-refractivity contribution in [2.45, 2.75) is 12.3 Å². The average Bonchev–Trinajstić information content (AvgIpc) is 2.68. The molecule has 2 aromatic heterocycles.